The van der Waals surface area contributed by atoms with Crippen LogP contribution in [0.1, 0.15) is 32.1 Å². The van der Waals surface area contributed by atoms with Gasteiger partial charge in [0.05, 0.1) is 0 Å². The van der Waals surface area contributed by atoms with E-state index in [-0.39, 0.29) is 17.8 Å². The summed E-state index contributed by atoms with van der Waals surface area (Å²) < 4.78 is 0.0903. The van der Waals surface area contributed by atoms with Gasteiger partial charge in [-0.3, -0.25) is 0 Å². The molecule has 7 heteroatoms. The van der Waals surface area contributed by atoms with Crippen LogP contribution in [0.2, 0.25) is 0 Å². The first-order chi connectivity index (χ1) is 9.03. The summed E-state index contributed by atoms with van der Waals surface area (Å²) >= 11 is 1.76. The first kappa shape index (κ1) is 16.1. The van der Waals surface area contributed by atoms with Crippen molar-refractivity contribution in [2.75, 3.05) is 19.4 Å². The van der Waals surface area contributed by atoms with E-state index >= 15 is 0 Å². The SMILES string of the molecule is CSC1(CNC(=O)NC(CCO)C(=O)O)CCCC1. The predicted molar refractivity (Wildman–Crippen MR) is 74.4 cm³/mol. The summed E-state index contributed by atoms with van der Waals surface area (Å²) in [6, 6.07) is -1.53. The fourth-order valence-electron chi connectivity index (χ4n) is 2.31. The Balaban J connectivity index is 2.39. The molecule has 19 heavy (non-hydrogen) atoms. The average Bonchev–Trinajstić information content (AvgIpc) is 2.85. The molecular formula is C12H22N2O4S. The second kappa shape index (κ2) is 7.59. The third-order valence-electron chi connectivity index (χ3n) is 3.54. The van der Waals surface area contributed by atoms with Gasteiger partial charge in [0.2, 0.25) is 0 Å². The number of rotatable bonds is 7. The quantitative estimate of drug-likeness (QED) is 0.556. The molecule has 1 atom stereocenters. The van der Waals surface area contributed by atoms with Crippen molar-refractivity contribution in [3.05, 3.63) is 0 Å². The molecule has 110 valence electrons. The highest BCUT2D eigenvalue weighted by atomic mass is 32.2. The van der Waals surface area contributed by atoms with Gasteiger partial charge in [-0.05, 0) is 19.1 Å². The summed E-state index contributed by atoms with van der Waals surface area (Å²) in [7, 11) is 0. The van der Waals surface area contributed by atoms with Gasteiger partial charge in [-0.2, -0.15) is 11.8 Å². The number of thioether (sulfide) groups is 1. The molecule has 0 radical (unpaired) electrons. The fourth-order valence-corrected chi connectivity index (χ4v) is 3.22. The molecule has 2 amide bonds. The highest BCUT2D eigenvalue weighted by Crippen LogP contribution is 2.39. The number of nitrogens with one attached hydrogen (secondary N) is 2. The van der Waals surface area contributed by atoms with E-state index in [2.05, 4.69) is 10.6 Å². The van der Waals surface area contributed by atoms with Crippen LogP contribution < -0.4 is 10.6 Å². The Labute approximate surface area is 117 Å². The molecule has 6 nitrogen and oxygen atoms in total. The standard InChI is InChI=1S/C12H22N2O4S/c1-19-12(5-2-3-6-12)8-13-11(18)14-9(4-7-15)10(16)17/h9,15H,2-8H2,1H3,(H,16,17)(H2,13,14,18). The van der Waals surface area contributed by atoms with Gasteiger partial charge < -0.3 is 20.8 Å². The van der Waals surface area contributed by atoms with E-state index in [9.17, 15) is 9.59 Å². The molecule has 0 spiro atoms. The van der Waals surface area contributed by atoms with Crippen LogP contribution in [0.15, 0.2) is 0 Å². The first-order valence-electron chi connectivity index (χ1n) is 6.46. The smallest absolute Gasteiger partial charge is 0.326 e. The Morgan fingerprint density at radius 1 is 1.37 bits per heavy atom. The van der Waals surface area contributed by atoms with Crippen molar-refractivity contribution in [2.45, 2.75) is 42.9 Å². The molecule has 4 N–H and O–H groups in total. The first-order valence-corrected chi connectivity index (χ1v) is 7.69. The zero-order valence-corrected chi connectivity index (χ0v) is 12.0. The molecule has 0 aliphatic heterocycles. The van der Waals surface area contributed by atoms with Gasteiger partial charge in [-0.25, -0.2) is 9.59 Å². The zero-order chi connectivity index (χ0) is 14.3. The number of aliphatic hydroxyl groups is 1. The molecule has 1 aliphatic rings. The maximum Gasteiger partial charge on any atom is 0.326 e. The van der Waals surface area contributed by atoms with Crippen LogP contribution >= 0.6 is 11.8 Å². The normalized spacial score (nSPS) is 18.8. The van der Waals surface area contributed by atoms with Crippen LogP contribution in [0.4, 0.5) is 4.79 Å². The van der Waals surface area contributed by atoms with Crippen LogP contribution in [-0.2, 0) is 4.79 Å². The number of carboxylic acids is 1. The summed E-state index contributed by atoms with van der Waals surface area (Å²) in [6.07, 6.45) is 6.55. The van der Waals surface area contributed by atoms with Crippen molar-refractivity contribution >= 4 is 23.8 Å². The van der Waals surface area contributed by atoms with Crippen molar-refractivity contribution in [2.24, 2.45) is 0 Å². The lowest BCUT2D eigenvalue weighted by Crippen LogP contribution is -2.49. The number of aliphatic hydroxyl groups excluding tert-OH is 1. The van der Waals surface area contributed by atoms with Crippen molar-refractivity contribution in [3.8, 4) is 0 Å². The molecular weight excluding hydrogens is 268 g/mol. The number of carbonyl (C=O) groups excluding carboxylic acids is 1. The molecule has 1 fully saturated rings. The third-order valence-corrected chi connectivity index (χ3v) is 4.96. The molecule has 1 aliphatic carbocycles. The van der Waals surface area contributed by atoms with Gasteiger partial charge in [-0.15, -0.1) is 0 Å². The molecule has 0 aromatic carbocycles. The number of urea groups is 1. The Morgan fingerprint density at radius 3 is 2.47 bits per heavy atom. The zero-order valence-electron chi connectivity index (χ0n) is 11.1. The largest absolute Gasteiger partial charge is 0.480 e. The number of carboxylic acid groups (broad SMARTS) is 1. The Bertz CT molecular complexity index is 319. The van der Waals surface area contributed by atoms with Crippen LogP contribution in [0.3, 0.4) is 0 Å². The molecule has 0 aromatic heterocycles. The van der Waals surface area contributed by atoms with E-state index in [1.54, 1.807) is 11.8 Å². The topological polar surface area (TPSA) is 98.7 Å². The highest BCUT2D eigenvalue weighted by Gasteiger charge is 2.33. The number of aliphatic carboxylic acids is 1. The predicted octanol–water partition coefficient (Wildman–Crippen LogP) is 0.797. The van der Waals surface area contributed by atoms with Crippen molar-refractivity contribution in [3.63, 3.8) is 0 Å². The number of hydrogen-bond donors (Lipinski definition) is 4. The summed E-state index contributed by atoms with van der Waals surface area (Å²) in [4.78, 5) is 22.5. The van der Waals surface area contributed by atoms with Gasteiger partial charge in [0, 0.05) is 24.3 Å². The van der Waals surface area contributed by atoms with Crippen LogP contribution in [0.5, 0.6) is 0 Å². The molecule has 1 rings (SSSR count). The van der Waals surface area contributed by atoms with E-state index in [0.717, 1.165) is 12.8 Å². The number of hydrogen-bond acceptors (Lipinski definition) is 4. The average molecular weight is 290 g/mol. The fraction of sp³-hybridized carbons (Fsp3) is 0.833. The minimum Gasteiger partial charge on any atom is -0.480 e. The summed E-state index contributed by atoms with van der Waals surface area (Å²) in [5.41, 5.74) is 0. The van der Waals surface area contributed by atoms with Gasteiger partial charge in [0.25, 0.3) is 0 Å². The molecule has 0 heterocycles. The monoisotopic (exact) mass is 290 g/mol. The number of amides is 2. The lowest BCUT2D eigenvalue weighted by Gasteiger charge is -2.27. The number of carbonyl (C=O) groups is 2. The lowest BCUT2D eigenvalue weighted by atomic mass is 10.1. The van der Waals surface area contributed by atoms with Gasteiger partial charge in [0.15, 0.2) is 0 Å². The molecule has 0 saturated heterocycles. The highest BCUT2D eigenvalue weighted by molar-refractivity contribution is 8.00. The van der Waals surface area contributed by atoms with E-state index in [0.29, 0.717) is 6.54 Å². The third kappa shape index (κ3) is 4.91. The Kier molecular flexibility index (Phi) is 6.44. The van der Waals surface area contributed by atoms with Crippen LogP contribution in [0, 0.1) is 0 Å². The summed E-state index contributed by atoms with van der Waals surface area (Å²) in [6.45, 7) is 0.275. The second-order valence-corrected chi connectivity index (χ2v) is 6.10. The van der Waals surface area contributed by atoms with Crippen molar-refractivity contribution < 1.29 is 19.8 Å². The lowest BCUT2D eigenvalue weighted by molar-refractivity contribution is -0.139. The van der Waals surface area contributed by atoms with E-state index in [4.69, 9.17) is 10.2 Å². The van der Waals surface area contributed by atoms with Crippen molar-refractivity contribution in [1.82, 2.24) is 10.6 Å². The van der Waals surface area contributed by atoms with Crippen LogP contribution in [0.25, 0.3) is 0 Å². The Hall–Kier alpha value is -0.950. The Morgan fingerprint density at radius 2 is 2.00 bits per heavy atom. The van der Waals surface area contributed by atoms with E-state index in [1.807, 2.05) is 6.26 Å². The van der Waals surface area contributed by atoms with Gasteiger partial charge in [0.1, 0.15) is 6.04 Å². The minimum absolute atomic E-state index is 0.0103. The van der Waals surface area contributed by atoms with Crippen molar-refractivity contribution in [1.29, 1.82) is 0 Å². The second-order valence-electron chi connectivity index (χ2n) is 4.82. The molecule has 0 bridgehead atoms. The molecule has 1 unspecified atom stereocenters. The van der Waals surface area contributed by atoms with E-state index in [1.165, 1.54) is 12.8 Å². The van der Waals surface area contributed by atoms with Gasteiger partial charge >= 0.3 is 12.0 Å². The van der Waals surface area contributed by atoms with E-state index < -0.39 is 18.0 Å². The maximum absolute atomic E-state index is 11.7. The molecule has 0 aromatic rings. The molecule has 1 saturated carbocycles. The van der Waals surface area contributed by atoms with Crippen LogP contribution in [-0.4, -0.2) is 52.4 Å². The van der Waals surface area contributed by atoms with Gasteiger partial charge in [-0.1, -0.05) is 12.8 Å². The summed E-state index contributed by atoms with van der Waals surface area (Å²) in [5, 5.41) is 22.7. The minimum atomic E-state index is -1.13. The summed E-state index contributed by atoms with van der Waals surface area (Å²) in [5.74, 6) is -1.13. The maximum atomic E-state index is 11.7.